The topological polar surface area (TPSA) is 54.7 Å². The van der Waals surface area contributed by atoms with Crippen molar-refractivity contribution in [3.8, 4) is 0 Å². The molecule has 0 saturated heterocycles. The minimum absolute atomic E-state index is 0.562. The van der Waals surface area contributed by atoms with Crippen LogP contribution in [0.2, 0.25) is 0 Å². The predicted molar refractivity (Wildman–Crippen MR) is 40.5 cm³/mol. The summed E-state index contributed by atoms with van der Waals surface area (Å²) in [5.74, 6) is 0.562. The van der Waals surface area contributed by atoms with Gasteiger partial charge < -0.3 is 10.7 Å². The number of nitrogen functional groups attached to an aromatic ring is 1. The molecule has 10 heavy (non-hydrogen) atoms. The molecule has 2 rings (SSSR count). The van der Waals surface area contributed by atoms with Crippen LogP contribution >= 0.6 is 0 Å². The molecule has 0 aliphatic rings. The quantitative estimate of drug-likeness (QED) is 0.566. The average molecular weight is 133 g/mol. The fraction of sp³-hybridized carbons (Fsp3) is 0. The van der Waals surface area contributed by atoms with Crippen LogP contribution in [-0.4, -0.2) is 9.97 Å². The number of nitrogens with two attached hydrogens (primary N) is 1. The molecule has 2 heterocycles. The van der Waals surface area contributed by atoms with Crippen molar-refractivity contribution in [2.75, 3.05) is 5.73 Å². The summed E-state index contributed by atoms with van der Waals surface area (Å²) >= 11 is 0. The largest absolute Gasteiger partial charge is 0.384 e. The van der Waals surface area contributed by atoms with Gasteiger partial charge in [-0.3, -0.25) is 0 Å². The molecule has 0 aliphatic carbocycles. The van der Waals surface area contributed by atoms with E-state index in [1.165, 1.54) is 0 Å². The van der Waals surface area contributed by atoms with Gasteiger partial charge in [-0.05, 0) is 18.2 Å². The lowest BCUT2D eigenvalue weighted by molar-refractivity contribution is 1.41. The molecule has 2 aromatic heterocycles. The Kier molecular flexibility index (Phi) is 0.917. The van der Waals surface area contributed by atoms with Gasteiger partial charge in [0.25, 0.3) is 0 Å². The summed E-state index contributed by atoms with van der Waals surface area (Å²) in [5, 5.41) is 0. The van der Waals surface area contributed by atoms with E-state index >= 15 is 0 Å². The van der Waals surface area contributed by atoms with Crippen LogP contribution in [0.25, 0.3) is 11.0 Å². The van der Waals surface area contributed by atoms with Crippen LogP contribution in [0.15, 0.2) is 24.4 Å². The van der Waals surface area contributed by atoms with Gasteiger partial charge in [0.05, 0.1) is 11.0 Å². The number of nitrogens with one attached hydrogen (secondary N) is 1. The normalized spacial score (nSPS) is 10.4. The van der Waals surface area contributed by atoms with Gasteiger partial charge in [-0.2, -0.15) is 0 Å². The molecule has 0 fully saturated rings. The molecule has 3 nitrogen and oxygen atoms in total. The zero-order chi connectivity index (χ0) is 6.97. The molecule has 0 atom stereocenters. The van der Waals surface area contributed by atoms with Crippen molar-refractivity contribution in [3.63, 3.8) is 0 Å². The maximum Gasteiger partial charge on any atom is 0.124 e. The first-order valence-electron chi connectivity index (χ1n) is 3.06. The first kappa shape index (κ1) is 5.29. The van der Waals surface area contributed by atoms with E-state index in [0.29, 0.717) is 5.82 Å². The average Bonchev–Trinajstić information content (AvgIpc) is 2.33. The summed E-state index contributed by atoms with van der Waals surface area (Å²) in [6.45, 7) is 0. The summed E-state index contributed by atoms with van der Waals surface area (Å²) in [6.07, 6.45) is 1.84. The number of hydrogen-bond acceptors (Lipinski definition) is 2. The SMILES string of the molecule is Nc1ccc2[nH]ccc2n1. The number of aromatic nitrogens is 2. The molecule has 2 aromatic rings. The first-order chi connectivity index (χ1) is 4.86. The predicted octanol–water partition coefficient (Wildman–Crippen LogP) is 1.15. The Hall–Kier alpha value is -1.51. The monoisotopic (exact) mass is 133 g/mol. The molecule has 0 amide bonds. The van der Waals surface area contributed by atoms with E-state index in [1.807, 2.05) is 18.3 Å². The van der Waals surface area contributed by atoms with Crippen LogP contribution in [0, 0.1) is 0 Å². The van der Waals surface area contributed by atoms with Crippen molar-refractivity contribution in [1.29, 1.82) is 0 Å². The zero-order valence-electron chi connectivity index (χ0n) is 5.33. The number of H-pyrrole nitrogens is 1. The summed E-state index contributed by atoms with van der Waals surface area (Å²) in [4.78, 5) is 7.11. The summed E-state index contributed by atoms with van der Waals surface area (Å²) in [7, 11) is 0. The molecule has 0 saturated carbocycles. The second-order valence-corrected chi connectivity index (χ2v) is 2.15. The number of pyridine rings is 1. The third-order valence-electron chi connectivity index (χ3n) is 1.43. The van der Waals surface area contributed by atoms with E-state index in [1.54, 1.807) is 6.07 Å². The Balaban J connectivity index is 2.86. The maximum atomic E-state index is 5.46. The minimum Gasteiger partial charge on any atom is -0.384 e. The molecule has 3 heteroatoms. The highest BCUT2D eigenvalue weighted by Gasteiger charge is 1.93. The fourth-order valence-electron chi connectivity index (χ4n) is 0.950. The van der Waals surface area contributed by atoms with Crippen LogP contribution in [0.4, 0.5) is 5.82 Å². The Morgan fingerprint density at radius 2 is 2.20 bits per heavy atom. The van der Waals surface area contributed by atoms with Crippen molar-refractivity contribution < 1.29 is 0 Å². The summed E-state index contributed by atoms with van der Waals surface area (Å²) in [6, 6.07) is 5.59. The zero-order valence-corrected chi connectivity index (χ0v) is 5.33. The molecule has 0 radical (unpaired) electrons. The van der Waals surface area contributed by atoms with E-state index in [9.17, 15) is 0 Å². The van der Waals surface area contributed by atoms with Crippen LogP contribution < -0.4 is 5.73 Å². The van der Waals surface area contributed by atoms with Gasteiger partial charge in [0.15, 0.2) is 0 Å². The highest BCUT2D eigenvalue weighted by molar-refractivity contribution is 5.76. The Morgan fingerprint density at radius 3 is 3.10 bits per heavy atom. The van der Waals surface area contributed by atoms with Gasteiger partial charge in [-0.1, -0.05) is 0 Å². The van der Waals surface area contributed by atoms with Gasteiger partial charge in [0.1, 0.15) is 5.82 Å². The van der Waals surface area contributed by atoms with E-state index in [-0.39, 0.29) is 0 Å². The number of hydrogen-bond donors (Lipinski definition) is 2. The van der Waals surface area contributed by atoms with Crippen molar-refractivity contribution in [2.24, 2.45) is 0 Å². The molecule has 0 bridgehead atoms. The summed E-state index contributed by atoms with van der Waals surface area (Å²) < 4.78 is 0. The number of anilines is 1. The first-order valence-corrected chi connectivity index (χ1v) is 3.06. The highest BCUT2D eigenvalue weighted by atomic mass is 14.9. The minimum atomic E-state index is 0.562. The smallest absolute Gasteiger partial charge is 0.124 e. The van der Waals surface area contributed by atoms with E-state index in [4.69, 9.17) is 5.73 Å². The van der Waals surface area contributed by atoms with Crippen LogP contribution in [0.3, 0.4) is 0 Å². The second-order valence-electron chi connectivity index (χ2n) is 2.15. The molecule has 0 spiro atoms. The van der Waals surface area contributed by atoms with Crippen LogP contribution in [-0.2, 0) is 0 Å². The van der Waals surface area contributed by atoms with E-state index < -0.39 is 0 Å². The molecule has 3 N–H and O–H groups in total. The standard InChI is InChI=1S/C7H7N3/c8-7-2-1-5-6(10-7)3-4-9-5/h1-4,9H,(H2,8,10). The van der Waals surface area contributed by atoms with Crippen molar-refractivity contribution in [3.05, 3.63) is 24.4 Å². The van der Waals surface area contributed by atoms with Gasteiger partial charge in [0, 0.05) is 6.20 Å². The number of nitrogens with zero attached hydrogens (tertiary/aromatic N) is 1. The number of fused-ring (bicyclic) bond motifs is 1. The molecular weight excluding hydrogens is 126 g/mol. The molecular formula is C7H7N3. The second kappa shape index (κ2) is 1.73. The fourth-order valence-corrected chi connectivity index (χ4v) is 0.950. The van der Waals surface area contributed by atoms with Crippen molar-refractivity contribution >= 4 is 16.9 Å². The number of aromatic amines is 1. The van der Waals surface area contributed by atoms with Gasteiger partial charge >= 0.3 is 0 Å². The lowest BCUT2D eigenvalue weighted by Crippen LogP contribution is -1.87. The molecule has 50 valence electrons. The molecule has 0 aliphatic heterocycles. The van der Waals surface area contributed by atoms with Gasteiger partial charge in [-0.25, -0.2) is 4.98 Å². The molecule has 0 aromatic carbocycles. The van der Waals surface area contributed by atoms with Crippen LogP contribution in [0.1, 0.15) is 0 Å². The Bertz CT molecular complexity index is 350. The maximum absolute atomic E-state index is 5.46. The lowest BCUT2D eigenvalue weighted by Gasteiger charge is -1.89. The third kappa shape index (κ3) is 0.639. The van der Waals surface area contributed by atoms with Crippen molar-refractivity contribution in [2.45, 2.75) is 0 Å². The summed E-state index contributed by atoms with van der Waals surface area (Å²) in [5.41, 5.74) is 7.40. The van der Waals surface area contributed by atoms with Crippen LogP contribution in [0.5, 0.6) is 0 Å². The van der Waals surface area contributed by atoms with Gasteiger partial charge in [-0.15, -0.1) is 0 Å². The third-order valence-corrected chi connectivity index (χ3v) is 1.43. The van der Waals surface area contributed by atoms with Gasteiger partial charge in [0.2, 0.25) is 0 Å². The Labute approximate surface area is 57.9 Å². The molecule has 0 unspecified atom stereocenters. The Morgan fingerprint density at radius 1 is 1.30 bits per heavy atom. The number of rotatable bonds is 0. The lowest BCUT2D eigenvalue weighted by atomic mass is 10.4. The highest BCUT2D eigenvalue weighted by Crippen LogP contribution is 2.09. The van der Waals surface area contributed by atoms with Crippen molar-refractivity contribution in [1.82, 2.24) is 9.97 Å². The van der Waals surface area contributed by atoms with E-state index in [2.05, 4.69) is 9.97 Å². The van der Waals surface area contributed by atoms with E-state index in [0.717, 1.165) is 11.0 Å².